The zero-order valence-corrected chi connectivity index (χ0v) is 18.9. The Kier molecular flexibility index (Phi) is 10.7. The van der Waals surface area contributed by atoms with Crippen LogP contribution in [0.4, 0.5) is 5.69 Å². The Morgan fingerprint density at radius 2 is 2.17 bits per heavy atom. The molecule has 0 aliphatic carbocycles. The van der Waals surface area contributed by atoms with Gasteiger partial charge in [-0.1, -0.05) is 26.0 Å². The first kappa shape index (κ1) is 24.2. The molecular formula is C23H38N4O3. The van der Waals surface area contributed by atoms with E-state index < -0.39 is 0 Å². The Morgan fingerprint density at radius 1 is 1.33 bits per heavy atom. The first-order chi connectivity index (χ1) is 14.6. The number of carbonyl (C=O) groups excluding carboxylic acids is 1. The summed E-state index contributed by atoms with van der Waals surface area (Å²) in [4.78, 5) is 19.3. The van der Waals surface area contributed by atoms with Crippen molar-refractivity contribution in [1.29, 1.82) is 0 Å². The van der Waals surface area contributed by atoms with E-state index in [1.54, 1.807) is 7.11 Å². The van der Waals surface area contributed by atoms with Crippen molar-refractivity contribution in [3.8, 4) is 0 Å². The van der Waals surface area contributed by atoms with Gasteiger partial charge in [0.1, 0.15) is 0 Å². The standard InChI is InChI=1S/C23H38N4O3/c1-5-18(3)22(28)26-21-9-7-8-19(14-21)15-25-23(24-6-2)27-11-10-20(16-27)17-30-13-12-29-4/h7-9,14,18,20H,5-6,10-13,15-17H2,1-4H3,(H,24,25)(H,26,28). The lowest BCUT2D eigenvalue weighted by Crippen LogP contribution is -2.40. The van der Waals surface area contributed by atoms with E-state index >= 15 is 0 Å². The molecule has 30 heavy (non-hydrogen) atoms. The molecule has 1 aliphatic rings. The molecule has 2 atom stereocenters. The number of aliphatic imine (C=N–C) groups is 1. The number of hydrogen-bond donors (Lipinski definition) is 2. The van der Waals surface area contributed by atoms with E-state index in [1.165, 1.54) is 0 Å². The van der Waals surface area contributed by atoms with Gasteiger partial charge in [-0.15, -0.1) is 0 Å². The zero-order valence-electron chi connectivity index (χ0n) is 18.9. The van der Waals surface area contributed by atoms with Crippen molar-refractivity contribution in [1.82, 2.24) is 10.2 Å². The van der Waals surface area contributed by atoms with Crippen molar-refractivity contribution in [2.45, 2.75) is 40.2 Å². The third kappa shape index (κ3) is 7.95. The van der Waals surface area contributed by atoms with Gasteiger partial charge < -0.3 is 25.0 Å². The molecule has 2 unspecified atom stereocenters. The van der Waals surface area contributed by atoms with E-state index in [1.807, 2.05) is 38.1 Å². The van der Waals surface area contributed by atoms with E-state index in [0.29, 0.717) is 25.7 Å². The van der Waals surface area contributed by atoms with Gasteiger partial charge in [-0.3, -0.25) is 4.79 Å². The molecule has 0 spiro atoms. The second kappa shape index (κ2) is 13.2. The second-order valence-electron chi connectivity index (χ2n) is 7.84. The van der Waals surface area contributed by atoms with Crippen LogP contribution >= 0.6 is 0 Å². The minimum absolute atomic E-state index is 0.00799. The Morgan fingerprint density at radius 3 is 2.90 bits per heavy atom. The lowest BCUT2D eigenvalue weighted by molar-refractivity contribution is -0.119. The molecule has 1 aromatic rings. The molecule has 1 fully saturated rings. The van der Waals surface area contributed by atoms with Gasteiger partial charge in [-0.05, 0) is 37.5 Å². The number of benzene rings is 1. The summed E-state index contributed by atoms with van der Waals surface area (Å²) in [6, 6.07) is 7.94. The average molecular weight is 419 g/mol. The van der Waals surface area contributed by atoms with Crippen LogP contribution in [0.15, 0.2) is 29.3 Å². The number of methoxy groups -OCH3 is 1. The molecule has 0 radical (unpaired) electrons. The monoisotopic (exact) mass is 418 g/mol. The number of carbonyl (C=O) groups is 1. The van der Waals surface area contributed by atoms with E-state index in [-0.39, 0.29) is 11.8 Å². The maximum atomic E-state index is 12.1. The van der Waals surface area contributed by atoms with Crippen molar-refractivity contribution >= 4 is 17.6 Å². The number of guanidine groups is 1. The second-order valence-corrected chi connectivity index (χ2v) is 7.84. The van der Waals surface area contributed by atoms with Crippen LogP contribution in [0, 0.1) is 11.8 Å². The lowest BCUT2D eigenvalue weighted by atomic mass is 10.1. The number of anilines is 1. The predicted octanol–water partition coefficient (Wildman–Crippen LogP) is 3.12. The van der Waals surface area contributed by atoms with Crippen molar-refractivity contribution in [3.63, 3.8) is 0 Å². The Hall–Kier alpha value is -2.12. The van der Waals surface area contributed by atoms with E-state index in [2.05, 4.69) is 22.5 Å². The Bertz CT molecular complexity index is 680. The fraction of sp³-hybridized carbons (Fsp3) is 0.652. The third-order valence-corrected chi connectivity index (χ3v) is 5.37. The van der Waals surface area contributed by atoms with Crippen LogP contribution in [0.25, 0.3) is 0 Å². The highest BCUT2D eigenvalue weighted by Crippen LogP contribution is 2.18. The minimum atomic E-state index is 0.00799. The molecule has 1 aliphatic heterocycles. The highest BCUT2D eigenvalue weighted by Gasteiger charge is 2.25. The lowest BCUT2D eigenvalue weighted by Gasteiger charge is -2.22. The normalized spacial score (nSPS) is 17.8. The van der Waals surface area contributed by atoms with Crippen molar-refractivity contribution in [2.75, 3.05) is 51.9 Å². The summed E-state index contributed by atoms with van der Waals surface area (Å²) in [5.74, 6) is 1.52. The van der Waals surface area contributed by atoms with Gasteiger partial charge in [0.25, 0.3) is 0 Å². The number of likely N-dealkylation sites (tertiary alicyclic amines) is 1. The maximum absolute atomic E-state index is 12.1. The van der Waals surface area contributed by atoms with Crippen LogP contribution in [0.2, 0.25) is 0 Å². The van der Waals surface area contributed by atoms with Gasteiger partial charge >= 0.3 is 0 Å². The SMILES string of the molecule is CCNC(=NCc1cccc(NC(=O)C(C)CC)c1)N1CCC(COCCOC)C1. The summed E-state index contributed by atoms with van der Waals surface area (Å²) in [6.45, 7) is 11.4. The smallest absolute Gasteiger partial charge is 0.227 e. The molecule has 1 heterocycles. The summed E-state index contributed by atoms with van der Waals surface area (Å²) < 4.78 is 10.7. The molecule has 168 valence electrons. The van der Waals surface area contributed by atoms with Crippen LogP contribution in [-0.4, -0.2) is 63.3 Å². The van der Waals surface area contributed by atoms with E-state index in [4.69, 9.17) is 14.5 Å². The molecule has 1 amide bonds. The van der Waals surface area contributed by atoms with Crippen LogP contribution in [0.1, 0.15) is 39.2 Å². The number of hydrogen-bond acceptors (Lipinski definition) is 4. The molecule has 1 saturated heterocycles. The first-order valence-electron chi connectivity index (χ1n) is 11.1. The molecule has 0 bridgehead atoms. The van der Waals surface area contributed by atoms with Gasteiger partial charge in [-0.25, -0.2) is 4.99 Å². The van der Waals surface area contributed by atoms with Gasteiger partial charge in [-0.2, -0.15) is 0 Å². The Balaban J connectivity index is 1.93. The largest absolute Gasteiger partial charge is 0.382 e. The van der Waals surface area contributed by atoms with Crippen LogP contribution in [0.5, 0.6) is 0 Å². The molecule has 7 heteroatoms. The van der Waals surface area contributed by atoms with Crippen molar-refractivity contribution in [3.05, 3.63) is 29.8 Å². The zero-order chi connectivity index (χ0) is 21.8. The minimum Gasteiger partial charge on any atom is -0.382 e. The maximum Gasteiger partial charge on any atom is 0.227 e. The number of amides is 1. The van der Waals surface area contributed by atoms with Crippen molar-refractivity contribution in [2.24, 2.45) is 16.8 Å². The van der Waals surface area contributed by atoms with Gasteiger partial charge in [0.15, 0.2) is 5.96 Å². The molecule has 1 aromatic carbocycles. The average Bonchev–Trinajstić information content (AvgIpc) is 3.22. The summed E-state index contributed by atoms with van der Waals surface area (Å²) >= 11 is 0. The Labute approximate surface area is 181 Å². The molecule has 2 N–H and O–H groups in total. The fourth-order valence-electron chi connectivity index (χ4n) is 3.34. The molecular weight excluding hydrogens is 380 g/mol. The molecule has 2 rings (SSSR count). The van der Waals surface area contributed by atoms with Crippen LogP contribution in [-0.2, 0) is 20.8 Å². The highest BCUT2D eigenvalue weighted by atomic mass is 16.5. The van der Waals surface area contributed by atoms with Crippen LogP contribution < -0.4 is 10.6 Å². The number of rotatable bonds is 11. The van der Waals surface area contributed by atoms with Gasteiger partial charge in [0, 0.05) is 44.3 Å². The summed E-state index contributed by atoms with van der Waals surface area (Å²) in [5, 5.41) is 6.41. The predicted molar refractivity (Wildman–Crippen MR) is 122 cm³/mol. The summed E-state index contributed by atoms with van der Waals surface area (Å²) in [6.07, 6.45) is 1.94. The van der Waals surface area contributed by atoms with Gasteiger partial charge in [0.05, 0.1) is 26.4 Å². The first-order valence-corrected chi connectivity index (χ1v) is 11.1. The van der Waals surface area contributed by atoms with E-state index in [9.17, 15) is 4.79 Å². The molecule has 0 saturated carbocycles. The number of ether oxygens (including phenoxy) is 2. The van der Waals surface area contributed by atoms with E-state index in [0.717, 1.165) is 56.3 Å². The fourth-order valence-corrected chi connectivity index (χ4v) is 3.34. The quantitative estimate of drug-likeness (QED) is 0.328. The number of nitrogens with one attached hydrogen (secondary N) is 2. The van der Waals surface area contributed by atoms with Gasteiger partial charge in [0.2, 0.25) is 5.91 Å². The third-order valence-electron chi connectivity index (χ3n) is 5.37. The summed E-state index contributed by atoms with van der Waals surface area (Å²) in [5.41, 5.74) is 1.90. The highest BCUT2D eigenvalue weighted by molar-refractivity contribution is 5.92. The summed E-state index contributed by atoms with van der Waals surface area (Å²) in [7, 11) is 1.69. The van der Waals surface area contributed by atoms with Crippen LogP contribution in [0.3, 0.4) is 0 Å². The molecule has 0 aromatic heterocycles. The van der Waals surface area contributed by atoms with Crippen molar-refractivity contribution < 1.29 is 14.3 Å². The topological polar surface area (TPSA) is 75.2 Å². The molecule has 7 nitrogen and oxygen atoms in total. The number of nitrogens with zero attached hydrogens (tertiary/aromatic N) is 2.